The maximum absolute atomic E-state index is 6.16. The zero-order valence-corrected chi connectivity index (χ0v) is 17.2. The number of halogens is 1. The standard InChI is InChI=1S/C22H24BrNOS/c23-18-6-8-19(9-7-18)24-21(26)25-20-12-15-22(20)13-10-17(11-14-22)16-4-2-1-3-5-16/h1-9,17,20H,10-15H2,(H,24,26)/t17?,20-,22?/m0/s1. The molecule has 2 fully saturated rings. The Kier molecular flexibility index (Phi) is 5.32. The molecule has 1 atom stereocenters. The number of ether oxygens (including phenoxy) is 1. The van der Waals surface area contributed by atoms with E-state index in [-0.39, 0.29) is 6.10 Å². The monoisotopic (exact) mass is 429 g/mol. The zero-order valence-electron chi connectivity index (χ0n) is 14.8. The Morgan fingerprint density at radius 3 is 2.23 bits per heavy atom. The van der Waals surface area contributed by atoms with E-state index in [0.717, 1.165) is 16.6 Å². The van der Waals surface area contributed by atoms with Crippen molar-refractivity contribution in [3.05, 3.63) is 64.6 Å². The van der Waals surface area contributed by atoms with E-state index in [9.17, 15) is 0 Å². The van der Waals surface area contributed by atoms with Crippen LogP contribution in [0.3, 0.4) is 0 Å². The summed E-state index contributed by atoms with van der Waals surface area (Å²) in [5.41, 5.74) is 2.81. The van der Waals surface area contributed by atoms with Gasteiger partial charge in [-0.15, -0.1) is 0 Å². The molecule has 136 valence electrons. The number of nitrogens with one attached hydrogen (secondary N) is 1. The second-order valence-corrected chi connectivity index (χ2v) is 8.90. The van der Waals surface area contributed by atoms with Crippen LogP contribution in [0, 0.1) is 5.41 Å². The molecule has 2 saturated carbocycles. The second kappa shape index (κ2) is 7.69. The molecule has 26 heavy (non-hydrogen) atoms. The highest BCUT2D eigenvalue weighted by molar-refractivity contribution is 9.10. The van der Waals surface area contributed by atoms with Gasteiger partial charge in [-0.3, -0.25) is 0 Å². The third-order valence-corrected chi connectivity index (χ3v) is 6.91. The highest BCUT2D eigenvalue weighted by Crippen LogP contribution is 2.55. The molecule has 0 aromatic heterocycles. The molecule has 2 aliphatic rings. The molecule has 0 bridgehead atoms. The van der Waals surface area contributed by atoms with Gasteiger partial charge in [-0.25, -0.2) is 0 Å². The third kappa shape index (κ3) is 3.81. The normalized spacial score (nSPS) is 27.6. The molecule has 2 nitrogen and oxygen atoms in total. The SMILES string of the molecule is S=C(Nc1ccc(Br)cc1)O[C@H]1CCC12CCC(c1ccccc1)CC2. The van der Waals surface area contributed by atoms with E-state index in [1.54, 1.807) is 0 Å². The van der Waals surface area contributed by atoms with Gasteiger partial charge < -0.3 is 10.1 Å². The molecule has 0 amide bonds. The van der Waals surface area contributed by atoms with Crippen molar-refractivity contribution in [2.24, 2.45) is 5.41 Å². The average molecular weight is 430 g/mol. The van der Waals surface area contributed by atoms with Crippen LogP contribution in [0.5, 0.6) is 0 Å². The minimum atomic E-state index is 0.273. The Balaban J connectivity index is 1.32. The van der Waals surface area contributed by atoms with Crippen LogP contribution in [0.1, 0.15) is 50.0 Å². The number of anilines is 1. The van der Waals surface area contributed by atoms with Gasteiger partial charge in [0.25, 0.3) is 5.17 Å². The molecular weight excluding hydrogens is 406 g/mol. The zero-order chi connectivity index (χ0) is 18.0. The van der Waals surface area contributed by atoms with Crippen LogP contribution in [-0.2, 0) is 4.74 Å². The van der Waals surface area contributed by atoms with Crippen LogP contribution < -0.4 is 5.32 Å². The second-order valence-electron chi connectivity index (χ2n) is 7.61. The molecule has 4 rings (SSSR count). The summed E-state index contributed by atoms with van der Waals surface area (Å²) in [6, 6.07) is 19.0. The maximum atomic E-state index is 6.16. The molecule has 2 aliphatic carbocycles. The van der Waals surface area contributed by atoms with Crippen LogP contribution >= 0.6 is 28.1 Å². The first kappa shape index (κ1) is 18.0. The Morgan fingerprint density at radius 1 is 0.962 bits per heavy atom. The van der Waals surface area contributed by atoms with Gasteiger partial charge in [0, 0.05) is 15.6 Å². The summed E-state index contributed by atoms with van der Waals surface area (Å²) in [7, 11) is 0. The van der Waals surface area contributed by atoms with E-state index in [1.165, 1.54) is 37.7 Å². The number of thiocarbonyl (C=S) groups is 1. The lowest BCUT2D eigenvalue weighted by Crippen LogP contribution is -2.49. The van der Waals surface area contributed by atoms with Crippen LogP contribution in [-0.4, -0.2) is 11.3 Å². The molecule has 4 heteroatoms. The molecule has 0 saturated heterocycles. The van der Waals surface area contributed by atoms with Crippen molar-refractivity contribution < 1.29 is 4.74 Å². The number of hydrogen-bond acceptors (Lipinski definition) is 2. The van der Waals surface area contributed by atoms with Crippen molar-refractivity contribution in [3.8, 4) is 0 Å². The smallest absolute Gasteiger partial charge is 0.261 e. The van der Waals surface area contributed by atoms with Crippen LogP contribution in [0.25, 0.3) is 0 Å². The summed E-state index contributed by atoms with van der Waals surface area (Å²) >= 11 is 8.90. The molecular formula is C22H24BrNOS. The van der Waals surface area contributed by atoms with Crippen LogP contribution in [0.2, 0.25) is 0 Å². The fourth-order valence-electron chi connectivity index (χ4n) is 4.49. The van der Waals surface area contributed by atoms with Gasteiger partial charge in [-0.2, -0.15) is 0 Å². The summed E-state index contributed by atoms with van der Waals surface area (Å²) < 4.78 is 7.22. The highest BCUT2D eigenvalue weighted by Gasteiger charge is 2.50. The molecule has 2 aromatic carbocycles. The van der Waals surface area contributed by atoms with Gasteiger partial charge in [0.05, 0.1) is 0 Å². The van der Waals surface area contributed by atoms with Gasteiger partial charge in [-0.05, 0) is 86.5 Å². The van der Waals surface area contributed by atoms with E-state index in [0.29, 0.717) is 16.5 Å². The van der Waals surface area contributed by atoms with Crippen molar-refractivity contribution in [1.29, 1.82) is 0 Å². The molecule has 1 N–H and O–H groups in total. The predicted molar refractivity (Wildman–Crippen MR) is 115 cm³/mol. The summed E-state index contributed by atoms with van der Waals surface area (Å²) in [6.07, 6.45) is 7.69. The molecule has 0 heterocycles. The first-order valence-corrected chi connectivity index (χ1v) is 10.6. The van der Waals surface area contributed by atoms with E-state index in [4.69, 9.17) is 17.0 Å². The largest absolute Gasteiger partial charge is 0.467 e. The predicted octanol–water partition coefficient (Wildman–Crippen LogP) is 6.67. The Morgan fingerprint density at radius 2 is 1.62 bits per heavy atom. The van der Waals surface area contributed by atoms with Gasteiger partial charge in [0.2, 0.25) is 0 Å². The number of hydrogen-bond donors (Lipinski definition) is 1. The number of benzene rings is 2. The van der Waals surface area contributed by atoms with Crippen LogP contribution in [0.15, 0.2) is 59.1 Å². The van der Waals surface area contributed by atoms with Crippen molar-refractivity contribution in [2.45, 2.75) is 50.5 Å². The Labute approximate surface area is 169 Å². The average Bonchev–Trinajstić information content (AvgIpc) is 2.68. The van der Waals surface area contributed by atoms with Gasteiger partial charge in [-0.1, -0.05) is 46.3 Å². The quantitative estimate of drug-likeness (QED) is 0.550. The lowest BCUT2D eigenvalue weighted by molar-refractivity contribution is -0.0789. The molecule has 0 unspecified atom stereocenters. The first-order chi connectivity index (χ1) is 12.6. The number of rotatable bonds is 3. The van der Waals surface area contributed by atoms with Crippen molar-refractivity contribution in [2.75, 3.05) is 5.32 Å². The minimum Gasteiger partial charge on any atom is -0.467 e. The van der Waals surface area contributed by atoms with Crippen molar-refractivity contribution in [3.63, 3.8) is 0 Å². The molecule has 0 radical (unpaired) electrons. The van der Waals surface area contributed by atoms with Gasteiger partial charge >= 0.3 is 0 Å². The minimum absolute atomic E-state index is 0.273. The van der Waals surface area contributed by atoms with E-state index >= 15 is 0 Å². The fraction of sp³-hybridized carbons (Fsp3) is 0.409. The lowest BCUT2D eigenvalue weighted by Gasteiger charge is -2.52. The first-order valence-electron chi connectivity index (χ1n) is 9.43. The van der Waals surface area contributed by atoms with Crippen LogP contribution in [0.4, 0.5) is 5.69 Å². The fourth-order valence-corrected chi connectivity index (χ4v) is 4.99. The lowest BCUT2D eigenvalue weighted by atomic mass is 9.56. The van der Waals surface area contributed by atoms with Crippen molar-refractivity contribution >= 4 is 39.0 Å². The summed E-state index contributed by atoms with van der Waals surface area (Å²) in [6.45, 7) is 0. The van der Waals surface area contributed by atoms with E-state index < -0.39 is 0 Å². The maximum Gasteiger partial charge on any atom is 0.261 e. The van der Waals surface area contributed by atoms with E-state index in [2.05, 4.69) is 51.6 Å². The third-order valence-electron chi connectivity index (χ3n) is 6.18. The highest BCUT2D eigenvalue weighted by atomic mass is 79.9. The van der Waals surface area contributed by atoms with Crippen molar-refractivity contribution in [1.82, 2.24) is 0 Å². The van der Waals surface area contributed by atoms with Gasteiger partial charge in [0.15, 0.2) is 0 Å². The molecule has 2 aromatic rings. The van der Waals surface area contributed by atoms with E-state index in [1.807, 2.05) is 24.3 Å². The summed E-state index contributed by atoms with van der Waals surface area (Å²) in [5, 5.41) is 3.71. The Hall–Kier alpha value is -1.39. The van der Waals surface area contributed by atoms with Gasteiger partial charge in [0.1, 0.15) is 6.10 Å². The summed E-state index contributed by atoms with van der Waals surface area (Å²) in [5.74, 6) is 0.705. The molecule has 0 aliphatic heterocycles. The summed E-state index contributed by atoms with van der Waals surface area (Å²) in [4.78, 5) is 0. The topological polar surface area (TPSA) is 21.3 Å². The molecule has 1 spiro atoms. The Bertz CT molecular complexity index is 753.